The molecule has 6 nitrogen and oxygen atoms in total. The Kier molecular flexibility index (Phi) is 5.36. The number of nitrogens with zero attached hydrogens (tertiary/aromatic N) is 3. The second-order valence-corrected chi connectivity index (χ2v) is 9.05. The molecule has 6 heteroatoms. The van der Waals surface area contributed by atoms with Crippen LogP contribution in [0, 0.1) is 19.8 Å². The molecule has 0 saturated heterocycles. The van der Waals surface area contributed by atoms with Crippen LogP contribution in [0.4, 0.5) is 0 Å². The normalized spacial score (nSPS) is 19.8. The molecule has 1 fully saturated rings. The Bertz CT molecular complexity index is 1070. The summed E-state index contributed by atoms with van der Waals surface area (Å²) in [6.45, 7) is 7.69. The lowest BCUT2D eigenvalue weighted by Crippen LogP contribution is -2.41. The number of fused-ring (bicyclic) bond motifs is 1. The maximum Gasteiger partial charge on any atom is 0.253 e. The number of amides is 1. The summed E-state index contributed by atoms with van der Waals surface area (Å²) in [7, 11) is 0. The Hall–Kier alpha value is -2.73. The molecular weight excluding hydrogens is 376 g/mol. The molecular formula is C24H30N4O2. The summed E-state index contributed by atoms with van der Waals surface area (Å²) in [6, 6.07) is 10.1. The zero-order valence-corrected chi connectivity index (χ0v) is 18.1. The zero-order valence-electron chi connectivity index (χ0n) is 18.1. The van der Waals surface area contributed by atoms with Gasteiger partial charge in [0.2, 0.25) is 0 Å². The SMILES string of the molecule is Cc1cc(C(=O)NC2CCC(C(C)(C)O)CC2)cnc1-n1nc(C)c2ccccc21. The molecule has 3 aromatic rings. The van der Waals surface area contributed by atoms with E-state index in [2.05, 4.69) is 21.5 Å². The third-order valence-electron chi connectivity index (χ3n) is 6.35. The summed E-state index contributed by atoms with van der Waals surface area (Å²) in [5, 5.41) is 19.1. The minimum atomic E-state index is -0.652. The van der Waals surface area contributed by atoms with Crippen molar-refractivity contribution in [1.29, 1.82) is 0 Å². The molecule has 2 N–H and O–H groups in total. The van der Waals surface area contributed by atoms with Crippen molar-refractivity contribution >= 4 is 16.8 Å². The van der Waals surface area contributed by atoms with E-state index in [1.807, 2.05) is 56.6 Å². The highest BCUT2D eigenvalue weighted by Gasteiger charge is 2.31. The van der Waals surface area contributed by atoms with E-state index < -0.39 is 5.60 Å². The largest absolute Gasteiger partial charge is 0.390 e. The highest BCUT2D eigenvalue weighted by molar-refractivity contribution is 5.94. The van der Waals surface area contributed by atoms with E-state index in [0.29, 0.717) is 11.5 Å². The number of carbonyl (C=O) groups is 1. The molecule has 1 saturated carbocycles. The van der Waals surface area contributed by atoms with Crippen LogP contribution >= 0.6 is 0 Å². The minimum absolute atomic E-state index is 0.0923. The third kappa shape index (κ3) is 3.97. The number of benzene rings is 1. The van der Waals surface area contributed by atoms with Gasteiger partial charge in [0.15, 0.2) is 5.82 Å². The van der Waals surface area contributed by atoms with Crippen molar-refractivity contribution in [2.24, 2.45) is 5.92 Å². The summed E-state index contributed by atoms with van der Waals surface area (Å²) in [4.78, 5) is 17.4. The van der Waals surface area contributed by atoms with Gasteiger partial charge in [-0.25, -0.2) is 9.67 Å². The maximum atomic E-state index is 12.8. The Morgan fingerprint density at radius 3 is 2.53 bits per heavy atom. The van der Waals surface area contributed by atoms with Crippen molar-refractivity contribution in [1.82, 2.24) is 20.1 Å². The van der Waals surface area contributed by atoms with Crippen LogP contribution in [0.2, 0.25) is 0 Å². The van der Waals surface area contributed by atoms with Gasteiger partial charge < -0.3 is 10.4 Å². The molecule has 0 aliphatic heterocycles. The maximum absolute atomic E-state index is 12.8. The van der Waals surface area contributed by atoms with Crippen molar-refractivity contribution in [2.75, 3.05) is 0 Å². The number of pyridine rings is 1. The topological polar surface area (TPSA) is 80.0 Å². The molecule has 0 spiro atoms. The first-order valence-electron chi connectivity index (χ1n) is 10.7. The number of hydrogen-bond acceptors (Lipinski definition) is 4. The van der Waals surface area contributed by atoms with Crippen LogP contribution in [0.5, 0.6) is 0 Å². The number of aliphatic hydroxyl groups is 1. The summed E-state index contributed by atoms with van der Waals surface area (Å²) in [5.41, 5.74) is 2.78. The van der Waals surface area contributed by atoms with Crippen LogP contribution in [0.15, 0.2) is 36.5 Å². The first kappa shape index (κ1) is 20.5. The van der Waals surface area contributed by atoms with E-state index in [-0.39, 0.29) is 11.9 Å². The molecule has 2 aromatic heterocycles. The van der Waals surface area contributed by atoms with E-state index in [4.69, 9.17) is 0 Å². The first-order valence-corrected chi connectivity index (χ1v) is 10.7. The molecule has 30 heavy (non-hydrogen) atoms. The molecule has 0 bridgehead atoms. The van der Waals surface area contributed by atoms with Gasteiger partial charge in [0.25, 0.3) is 5.91 Å². The average molecular weight is 407 g/mol. The van der Waals surface area contributed by atoms with Gasteiger partial charge in [0.05, 0.1) is 22.4 Å². The van der Waals surface area contributed by atoms with Crippen molar-refractivity contribution in [3.8, 4) is 5.82 Å². The fraction of sp³-hybridized carbons (Fsp3) is 0.458. The summed E-state index contributed by atoms with van der Waals surface area (Å²) < 4.78 is 1.85. The average Bonchev–Trinajstić information content (AvgIpc) is 3.04. The van der Waals surface area contributed by atoms with Crippen LogP contribution in [-0.4, -0.2) is 37.4 Å². The monoisotopic (exact) mass is 406 g/mol. The van der Waals surface area contributed by atoms with Crippen molar-refractivity contribution in [3.63, 3.8) is 0 Å². The lowest BCUT2D eigenvalue weighted by molar-refractivity contribution is -0.00257. The van der Waals surface area contributed by atoms with E-state index >= 15 is 0 Å². The number of rotatable bonds is 4. The molecule has 1 amide bonds. The highest BCUT2D eigenvalue weighted by Crippen LogP contribution is 2.32. The van der Waals surface area contributed by atoms with E-state index in [1.165, 1.54) is 0 Å². The molecule has 1 aromatic carbocycles. The van der Waals surface area contributed by atoms with Gasteiger partial charge in [-0.05, 0) is 77.0 Å². The van der Waals surface area contributed by atoms with Gasteiger partial charge in [-0.3, -0.25) is 4.79 Å². The predicted octanol–water partition coefficient (Wildman–Crippen LogP) is 4.10. The standard InChI is InChI=1S/C24H30N4O2/c1-15-13-17(23(29)26-19-11-9-18(10-12-19)24(3,4)30)14-25-22(15)28-21-8-6-5-7-20(21)16(2)27-28/h5-8,13-14,18-19,30H,9-12H2,1-4H3,(H,26,29). The first-order chi connectivity index (χ1) is 14.2. The van der Waals surface area contributed by atoms with Gasteiger partial charge in [-0.2, -0.15) is 5.10 Å². The highest BCUT2D eigenvalue weighted by atomic mass is 16.3. The van der Waals surface area contributed by atoms with E-state index in [9.17, 15) is 9.90 Å². The Morgan fingerprint density at radius 1 is 1.17 bits per heavy atom. The fourth-order valence-corrected chi connectivity index (χ4v) is 4.51. The molecule has 0 radical (unpaired) electrons. The second-order valence-electron chi connectivity index (χ2n) is 9.05. The number of nitrogens with one attached hydrogen (secondary N) is 1. The fourth-order valence-electron chi connectivity index (χ4n) is 4.51. The molecule has 0 atom stereocenters. The number of aromatic nitrogens is 3. The van der Waals surface area contributed by atoms with Gasteiger partial charge in [0, 0.05) is 17.6 Å². The van der Waals surface area contributed by atoms with Crippen molar-refractivity contribution < 1.29 is 9.90 Å². The minimum Gasteiger partial charge on any atom is -0.390 e. The third-order valence-corrected chi connectivity index (χ3v) is 6.35. The Morgan fingerprint density at radius 2 is 1.87 bits per heavy atom. The lowest BCUT2D eigenvalue weighted by atomic mass is 9.77. The quantitative estimate of drug-likeness (QED) is 0.684. The number of para-hydroxylation sites is 1. The lowest BCUT2D eigenvalue weighted by Gasteiger charge is -2.36. The summed E-state index contributed by atoms with van der Waals surface area (Å²) in [6.07, 6.45) is 5.27. The van der Waals surface area contributed by atoms with Crippen LogP contribution in [0.1, 0.15) is 61.1 Å². The van der Waals surface area contributed by atoms with Crippen LogP contribution < -0.4 is 5.32 Å². The molecule has 0 unspecified atom stereocenters. The predicted molar refractivity (Wildman–Crippen MR) is 118 cm³/mol. The molecule has 2 heterocycles. The Balaban J connectivity index is 1.49. The van der Waals surface area contributed by atoms with Crippen molar-refractivity contribution in [3.05, 3.63) is 53.3 Å². The van der Waals surface area contributed by atoms with Crippen molar-refractivity contribution in [2.45, 2.75) is 65.0 Å². The van der Waals surface area contributed by atoms with E-state index in [1.54, 1.807) is 6.20 Å². The van der Waals surface area contributed by atoms with Gasteiger partial charge in [-0.1, -0.05) is 18.2 Å². The van der Waals surface area contributed by atoms with Crippen LogP contribution in [0.25, 0.3) is 16.7 Å². The zero-order chi connectivity index (χ0) is 21.5. The van der Waals surface area contributed by atoms with Crippen LogP contribution in [0.3, 0.4) is 0 Å². The van der Waals surface area contributed by atoms with Gasteiger partial charge in [0.1, 0.15) is 0 Å². The molecule has 158 valence electrons. The Labute approximate surface area is 177 Å². The molecule has 1 aliphatic carbocycles. The molecule has 1 aliphatic rings. The number of carbonyl (C=O) groups excluding carboxylic acids is 1. The van der Waals surface area contributed by atoms with Gasteiger partial charge >= 0.3 is 0 Å². The molecule has 4 rings (SSSR count). The summed E-state index contributed by atoms with van der Waals surface area (Å²) >= 11 is 0. The summed E-state index contributed by atoms with van der Waals surface area (Å²) in [5.74, 6) is 0.938. The number of hydrogen-bond donors (Lipinski definition) is 2. The van der Waals surface area contributed by atoms with Gasteiger partial charge in [-0.15, -0.1) is 0 Å². The second kappa shape index (κ2) is 7.84. The smallest absolute Gasteiger partial charge is 0.253 e. The van der Waals surface area contributed by atoms with E-state index in [0.717, 1.165) is 53.7 Å². The van der Waals surface area contributed by atoms with Crippen LogP contribution in [-0.2, 0) is 0 Å². The number of aryl methyl sites for hydroxylation is 2.